The van der Waals surface area contributed by atoms with Gasteiger partial charge in [0.1, 0.15) is 5.82 Å². The smallest absolute Gasteiger partial charge is 0.414 e. The van der Waals surface area contributed by atoms with E-state index in [0.717, 1.165) is 18.9 Å². The molecule has 1 saturated heterocycles. The summed E-state index contributed by atoms with van der Waals surface area (Å²) in [6.45, 7) is 2.12. The molecule has 4 rings (SSSR count). The standard InChI is InChI=1S/C15H15ClFN3O.C2H2O4/c16-12-2-1-3-13(17)11(12)8-20-6-10(7-20)15-18-14(19-21-15)9-4-5-9;3-1(4)2(5)6/h1-3,9-10H,4-8H2;(H,3,4)(H,5,6). The van der Waals surface area contributed by atoms with Gasteiger partial charge in [0, 0.05) is 36.1 Å². The van der Waals surface area contributed by atoms with Crippen molar-refractivity contribution in [2.24, 2.45) is 0 Å². The molecule has 0 bridgehead atoms. The number of aliphatic carboxylic acids is 2. The molecule has 1 aromatic heterocycles. The van der Waals surface area contributed by atoms with Crippen molar-refractivity contribution in [1.82, 2.24) is 15.0 Å². The van der Waals surface area contributed by atoms with Crippen molar-refractivity contribution in [3.8, 4) is 0 Å². The zero-order valence-corrected chi connectivity index (χ0v) is 14.9. The average molecular weight is 398 g/mol. The molecule has 2 aliphatic rings. The third-order valence-electron chi connectivity index (χ3n) is 4.33. The molecular weight excluding hydrogens is 381 g/mol. The summed E-state index contributed by atoms with van der Waals surface area (Å²) in [4.78, 5) is 24.8. The summed E-state index contributed by atoms with van der Waals surface area (Å²) < 4.78 is 19.1. The van der Waals surface area contributed by atoms with Crippen molar-refractivity contribution in [2.45, 2.75) is 31.2 Å². The fraction of sp³-hybridized carbons (Fsp3) is 0.412. The lowest BCUT2D eigenvalue weighted by atomic mass is 9.99. The topological polar surface area (TPSA) is 117 Å². The minimum absolute atomic E-state index is 0.250. The van der Waals surface area contributed by atoms with Crippen molar-refractivity contribution in [1.29, 1.82) is 0 Å². The van der Waals surface area contributed by atoms with Crippen LogP contribution in [0.4, 0.5) is 4.39 Å². The molecule has 0 spiro atoms. The van der Waals surface area contributed by atoms with Gasteiger partial charge in [0.15, 0.2) is 5.82 Å². The van der Waals surface area contributed by atoms with Gasteiger partial charge in [0.25, 0.3) is 0 Å². The van der Waals surface area contributed by atoms with Crippen LogP contribution in [0.2, 0.25) is 5.02 Å². The monoisotopic (exact) mass is 397 g/mol. The molecule has 144 valence electrons. The van der Waals surface area contributed by atoms with Crippen LogP contribution < -0.4 is 0 Å². The fourth-order valence-electron chi connectivity index (χ4n) is 2.68. The summed E-state index contributed by atoms with van der Waals surface area (Å²) in [5.41, 5.74) is 0.557. The van der Waals surface area contributed by atoms with E-state index in [2.05, 4.69) is 15.0 Å². The van der Waals surface area contributed by atoms with E-state index in [1.165, 1.54) is 18.9 Å². The Balaban J connectivity index is 0.000000307. The molecule has 0 amide bonds. The summed E-state index contributed by atoms with van der Waals surface area (Å²) in [6, 6.07) is 4.79. The van der Waals surface area contributed by atoms with Crippen molar-refractivity contribution in [3.05, 3.63) is 46.3 Å². The van der Waals surface area contributed by atoms with Crippen molar-refractivity contribution < 1.29 is 28.7 Å². The largest absolute Gasteiger partial charge is 0.473 e. The number of carbonyl (C=O) groups is 2. The quantitative estimate of drug-likeness (QED) is 0.756. The van der Waals surface area contributed by atoms with Gasteiger partial charge in [-0.3, -0.25) is 4.90 Å². The summed E-state index contributed by atoms with van der Waals surface area (Å²) in [5.74, 6) is -1.57. The second-order valence-corrected chi connectivity index (χ2v) is 6.87. The summed E-state index contributed by atoms with van der Waals surface area (Å²) in [6.07, 6.45) is 2.34. The highest BCUT2D eigenvalue weighted by Crippen LogP contribution is 2.39. The highest BCUT2D eigenvalue weighted by Gasteiger charge is 2.35. The Morgan fingerprint density at radius 2 is 1.89 bits per heavy atom. The molecule has 10 heteroatoms. The van der Waals surface area contributed by atoms with Gasteiger partial charge >= 0.3 is 11.9 Å². The van der Waals surface area contributed by atoms with E-state index >= 15 is 0 Å². The molecule has 1 aromatic carbocycles. The Morgan fingerprint density at radius 1 is 1.22 bits per heavy atom. The number of hydrogen-bond donors (Lipinski definition) is 2. The van der Waals surface area contributed by atoms with Crippen LogP contribution in [0.1, 0.15) is 42.0 Å². The maximum absolute atomic E-state index is 13.7. The van der Waals surface area contributed by atoms with E-state index in [1.54, 1.807) is 12.1 Å². The zero-order valence-electron chi connectivity index (χ0n) is 14.1. The Morgan fingerprint density at radius 3 is 2.44 bits per heavy atom. The third kappa shape index (κ3) is 4.81. The lowest BCUT2D eigenvalue weighted by Gasteiger charge is -2.37. The second-order valence-electron chi connectivity index (χ2n) is 6.47. The van der Waals surface area contributed by atoms with E-state index in [4.69, 9.17) is 35.9 Å². The molecule has 0 radical (unpaired) electrons. The molecule has 2 aromatic rings. The predicted octanol–water partition coefficient (Wildman–Crippen LogP) is 2.49. The number of carboxylic acids is 2. The lowest BCUT2D eigenvalue weighted by molar-refractivity contribution is -0.159. The Bertz CT molecular complexity index is 817. The average Bonchev–Trinajstić information content (AvgIpc) is 3.31. The molecule has 1 saturated carbocycles. The van der Waals surface area contributed by atoms with Crippen molar-refractivity contribution in [2.75, 3.05) is 13.1 Å². The van der Waals surface area contributed by atoms with Gasteiger partial charge in [-0.1, -0.05) is 22.8 Å². The first-order valence-corrected chi connectivity index (χ1v) is 8.68. The number of aromatic nitrogens is 2. The van der Waals surface area contributed by atoms with Crippen LogP contribution in [0.3, 0.4) is 0 Å². The van der Waals surface area contributed by atoms with Crippen molar-refractivity contribution >= 4 is 23.5 Å². The summed E-state index contributed by atoms with van der Waals surface area (Å²) >= 11 is 6.05. The van der Waals surface area contributed by atoms with Gasteiger partial charge in [-0.25, -0.2) is 14.0 Å². The van der Waals surface area contributed by atoms with Gasteiger partial charge < -0.3 is 14.7 Å². The number of nitrogens with zero attached hydrogens (tertiary/aromatic N) is 3. The highest BCUT2D eigenvalue weighted by atomic mass is 35.5. The van der Waals surface area contributed by atoms with Gasteiger partial charge in [-0.15, -0.1) is 0 Å². The van der Waals surface area contributed by atoms with Crippen LogP contribution in [-0.2, 0) is 16.1 Å². The van der Waals surface area contributed by atoms with Crippen LogP contribution in [0, 0.1) is 5.82 Å². The van der Waals surface area contributed by atoms with Gasteiger partial charge in [-0.2, -0.15) is 4.98 Å². The number of rotatable bonds is 4. The van der Waals surface area contributed by atoms with E-state index in [0.29, 0.717) is 28.9 Å². The third-order valence-corrected chi connectivity index (χ3v) is 4.69. The molecule has 27 heavy (non-hydrogen) atoms. The molecule has 1 aliphatic heterocycles. The molecule has 2 heterocycles. The fourth-order valence-corrected chi connectivity index (χ4v) is 2.91. The highest BCUT2D eigenvalue weighted by molar-refractivity contribution is 6.31. The van der Waals surface area contributed by atoms with Crippen LogP contribution in [0.5, 0.6) is 0 Å². The van der Waals surface area contributed by atoms with Gasteiger partial charge in [-0.05, 0) is 25.0 Å². The molecule has 8 nitrogen and oxygen atoms in total. The normalized spacial score (nSPS) is 17.0. The number of carboxylic acid groups (broad SMARTS) is 2. The summed E-state index contributed by atoms with van der Waals surface area (Å²) in [7, 11) is 0. The molecule has 1 aliphatic carbocycles. The van der Waals surface area contributed by atoms with E-state index in [-0.39, 0.29) is 11.7 Å². The zero-order chi connectivity index (χ0) is 19.6. The summed E-state index contributed by atoms with van der Waals surface area (Å²) in [5, 5.41) is 19.3. The van der Waals surface area contributed by atoms with Crippen LogP contribution in [0.15, 0.2) is 22.7 Å². The Kier molecular flexibility index (Phi) is 5.71. The molecule has 2 fully saturated rings. The van der Waals surface area contributed by atoms with Gasteiger partial charge in [0.05, 0.1) is 5.92 Å². The first-order chi connectivity index (χ1) is 12.8. The molecule has 0 atom stereocenters. The van der Waals surface area contributed by atoms with Crippen LogP contribution in [0.25, 0.3) is 0 Å². The second kappa shape index (κ2) is 8.01. The molecule has 0 unspecified atom stereocenters. The van der Waals surface area contributed by atoms with E-state index < -0.39 is 11.9 Å². The lowest BCUT2D eigenvalue weighted by Crippen LogP contribution is -2.44. The first kappa shape index (κ1) is 19.2. The Hall–Kier alpha value is -2.52. The van der Waals surface area contributed by atoms with Crippen LogP contribution >= 0.6 is 11.6 Å². The first-order valence-electron chi connectivity index (χ1n) is 8.30. The minimum Gasteiger partial charge on any atom is -0.473 e. The van der Waals surface area contributed by atoms with Crippen molar-refractivity contribution in [3.63, 3.8) is 0 Å². The van der Waals surface area contributed by atoms with Gasteiger partial charge in [0.2, 0.25) is 5.89 Å². The van der Waals surface area contributed by atoms with Crippen LogP contribution in [-0.4, -0.2) is 50.3 Å². The Labute approximate surface area is 158 Å². The van der Waals surface area contributed by atoms with E-state index in [1.807, 2.05) is 0 Å². The minimum atomic E-state index is -1.82. The maximum Gasteiger partial charge on any atom is 0.414 e. The molecular formula is C17H17ClFN3O5. The number of hydrogen-bond acceptors (Lipinski definition) is 6. The number of benzene rings is 1. The van der Waals surface area contributed by atoms with E-state index in [9.17, 15) is 4.39 Å². The SMILES string of the molecule is Fc1cccc(Cl)c1CN1CC(c2nc(C3CC3)no2)C1.O=C(O)C(=O)O. The maximum atomic E-state index is 13.7. The molecule has 2 N–H and O–H groups in total. The number of likely N-dealkylation sites (tertiary alicyclic amines) is 1. The number of halogens is 2. The predicted molar refractivity (Wildman–Crippen MR) is 91.0 cm³/mol.